The van der Waals surface area contributed by atoms with E-state index in [9.17, 15) is 5.11 Å². The third-order valence-corrected chi connectivity index (χ3v) is 3.72. The highest BCUT2D eigenvalue weighted by molar-refractivity contribution is 5.63. The van der Waals surface area contributed by atoms with E-state index in [1.54, 1.807) is 6.20 Å². The van der Waals surface area contributed by atoms with Gasteiger partial charge in [-0.15, -0.1) is 0 Å². The van der Waals surface area contributed by atoms with Crippen LogP contribution in [0, 0.1) is 0 Å². The van der Waals surface area contributed by atoms with Gasteiger partial charge in [-0.3, -0.25) is 4.90 Å². The van der Waals surface area contributed by atoms with E-state index >= 15 is 0 Å². The number of hydrogen-bond donors (Lipinski definition) is 2. The van der Waals surface area contributed by atoms with Gasteiger partial charge in [-0.05, 0) is 16.7 Å². The molecule has 0 aliphatic carbocycles. The second-order valence-electron chi connectivity index (χ2n) is 5.21. The van der Waals surface area contributed by atoms with Crippen molar-refractivity contribution in [3.63, 3.8) is 0 Å². The van der Waals surface area contributed by atoms with Gasteiger partial charge in [0.25, 0.3) is 0 Å². The second kappa shape index (κ2) is 7.90. The zero-order valence-corrected chi connectivity index (χ0v) is 12.9. The number of hydrogen-bond acceptors (Lipinski definition) is 2. The van der Waals surface area contributed by atoms with Crippen LogP contribution in [0.25, 0.3) is 11.1 Å². The van der Waals surface area contributed by atoms with Crippen LogP contribution in [0.1, 0.15) is 18.1 Å². The van der Waals surface area contributed by atoms with Crippen molar-refractivity contribution in [1.29, 1.82) is 0 Å². The van der Waals surface area contributed by atoms with Crippen LogP contribution in [0.5, 0.6) is 0 Å². The highest BCUT2D eigenvalue weighted by atomic mass is 35.5. The first kappa shape index (κ1) is 16.4. The predicted octanol–water partition coefficient (Wildman–Crippen LogP) is -0.821. The van der Waals surface area contributed by atoms with Gasteiger partial charge in [-0.1, -0.05) is 54.6 Å². The highest BCUT2D eigenvalue weighted by Gasteiger charge is 2.12. The standard InChI is InChI=1S/C18H18N2O.ClH/c21-18(10-12-20-13-11-19-14-20)17-8-6-16(7-9-17)15-4-2-1-3-5-15;/h1-9,11,13-14,18,21H,10,12H2;1H. The molecule has 0 fully saturated rings. The van der Waals surface area contributed by atoms with Gasteiger partial charge in [-0.25, -0.2) is 4.99 Å². The number of nitrogens with one attached hydrogen (secondary N) is 1. The van der Waals surface area contributed by atoms with Crippen molar-refractivity contribution in [3.8, 4) is 11.1 Å². The smallest absolute Gasteiger partial charge is 0.193 e. The summed E-state index contributed by atoms with van der Waals surface area (Å²) in [6.07, 6.45) is 5.92. The topological polar surface area (TPSA) is 37.0 Å². The normalized spacial score (nSPS) is 17.2. The van der Waals surface area contributed by atoms with E-state index in [1.807, 2.05) is 42.9 Å². The molecule has 1 heterocycles. The molecule has 4 heteroatoms. The SMILES string of the molecule is OC(CC[NH+]1C=CN=C1)c1ccc(-c2ccccc2)cc1.[Cl-]. The lowest BCUT2D eigenvalue weighted by Gasteiger charge is -2.12. The van der Waals surface area contributed by atoms with Crippen LogP contribution in [0.3, 0.4) is 0 Å². The molecule has 0 spiro atoms. The molecule has 2 N–H and O–H groups in total. The molecule has 1 aliphatic rings. The number of aliphatic imine (C=N–C) groups is 1. The number of quaternary nitrogens is 1. The molecule has 0 saturated heterocycles. The number of halogens is 1. The van der Waals surface area contributed by atoms with Gasteiger partial charge in [0.2, 0.25) is 0 Å². The fourth-order valence-electron chi connectivity index (χ4n) is 2.47. The fourth-order valence-corrected chi connectivity index (χ4v) is 2.47. The zero-order valence-electron chi connectivity index (χ0n) is 12.2. The van der Waals surface area contributed by atoms with E-state index in [0.717, 1.165) is 18.5 Å². The van der Waals surface area contributed by atoms with Crippen molar-refractivity contribution in [1.82, 2.24) is 0 Å². The lowest BCUT2D eigenvalue weighted by molar-refractivity contribution is -0.737. The number of rotatable bonds is 5. The molecule has 0 bridgehead atoms. The Labute approximate surface area is 137 Å². The van der Waals surface area contributed by atoms with Gasteiger partial charge in [0.1, 0.15) is 6.20 Å². The van der Waals surface area contributed by atoms with Crippen molar-refractivity contribution >= 4 is 6.34 Å². The van der Waals surface area contributed by atoms with Crippen LogP contribution >= 0.6 is 0 Å². The largest absolute Gasteiger partial charge is 1.00 e. The molecule has 22 heavy (non-hydrogen) atoms. The molecule has 0 radical (unpaired) electrons. The summed E-state index contributed by atoms with van der Waals surface area (Å²) in [5.74, 6) is 0. The average Bonchev–Trinajstić information content (AvgIpc) is 3.07. The zero-order chi connectivity index (χ0) is 14.5. The van der Waals surface area contributed by atoms with Crippen LogP contribution in [-0.2, 0) is 0 Å². The summed E-state index contributed by atoms with van der Waals surface area (Å²) in [7, 11) is 0. The van der Waals surface area contributed by atoms with Gasteiger partial charge >= 0.3 is 0 Å². The first-order chi connectivity index (χ1) is 10.3. The first-order valence-corrected chi connectivity index (χ1v) is 7.22. The summed E-state index contributed by atoms with van der Waals surface area (Å²) in [4.78, 5) is 5.21. The quantitative estimate of drug-likeness (QED) is 0.743. The second-order valence-corrected chi connectivity index (χ2v) is 5.21. The van der Waals surface area contributed by atoms with E-state index in [-0.39, 0.29) is 12.4 Å². The summed E-state index contributed by atoms with van der Waals surface area (Å²) in [5, 5.41) is 10.3. The monoisotopic (exact) mass is 314 g/mol. The van der Waals surface area contributed by atoms with Crippen molar-refractivity contribution < 1.29 is 22.4 Å². The molecule has 0 aromatic heterocycles. The van der Waals surface area contributed by atoms with Crippen molar-refractivity contribution in [2.24, 2.45) is 4.99 Å². The van der Waals surface area contributed by atoms with Gasteiger partial charge in [0.15, 0.2) is 6.34 Å². The maximum Gasteiger partial charge on any atom is 0.193 e. The summed E-state index contributed by atoms with van der Waals surface area (Å²) in [5.41, 5.74) is 3.34. The number of aliphatic hydroxyl groups is 1. The minimum atomic E-state index is -0.426. The third kappa shape index (κ3) is 4.04. The van der Waals surface area contributed by atoms with E-state index in [0.29, 0.717) is 0 Å². The Morgan fingerprint density at radius 2 is 1.64 bits per heavy atom. The molecule has 2 unspecified atom stereocenters. The molecule has 2 aromatic rings. The third-order valence-electron chi connectivity index (χ3n) is 3.72. The number of aliphatic hydroxyl groups excluding tert-OH is 1. The number of nitrogens with zero attached hydrogens (tertiary/aromatic N) is 1. The van der Waals surface area contributed by atoms with Crippen molar-refractivity contribution in [2.75, 3.05) is 6.54 Å². The minimum Gasteiger partial charge on any atom is -1.00 e. The summed E-state index contributed by atoms with van der Waals surface area (Å²) < 4.78 is 0. The molecule has 2 atom stereocenters. The van der Waals surface area contributed by atoms with E-state index in [1.165, 1.54) is 16.0 Å². The molecule has 3 rings (SSSR count). The molecule has 0 amide bonds. The molecule has 2 aromatic carbocycles. The Hall–Kier alpha value is -1.94. The van der Waals surface area contributed by atoms with E-state index in [4.69, 9.17) is 0 Å². The van der Waals surface area contributed by atoms with Crippen LogP contribution in [-0.4, -0.2) is 18.0 Å². The molecule has 1 aliphatic heterocycles. The molecular formula is C18H19ClN2O. The minimum absolute atomic E-state index is 0. The van der Waals surface area contributed by atoms with Crippen LogP contribution < -0.4 is 17.3 Å². The summed E-state index contributed by atoms with van der Waals surface area (Å²) in [6.45, 7) is 0.849. The molecule has 114 valence electrons. The fraction of sp³-hybridized carbons (Fsp3) is 0.167. The maximum atomic E-state index is 10.3. The molecular weight excluding hydrogens is 296 g/mol. The molecule has 0 saturated carbocycles. The van der Waals surface area contributed by atoms with Crippen molar-refractivity contribution in [2.45, 2.75) is 12.5 Å². The van der Waals surface area contributed by atoms with Crippen LogP contribution in [0.2, 0.25) is 0 Å². The Morgan fingerprint density at radius 1 is 0.955 bits per heavy atom. The number of benzene rings is 2. The maximum absolute atomic E-state index is 10.3. The Bertz CT molecular complexity index is 626. The first-order valence-electron chi connectivity index (χ1n) is 7.22. The van der Waals surface area contributed by atoms with Gasteiger partial charge in [0.05, 0.1) is 18.8 Å². The van der Waals surface area contributed by atoms with Gasteiger partial charge in [0, 0.05) is 6.42 Å². The Morgan fingerprint density at radius 3 is 2.27 bits per heavy atom. The van der Waals surface area contributed by atoms with E-state index in [2.05, 4.69) is 29.3 Å². The summed E-state index contributed by atoms with van der Waals surface area (Å²) in [6, 6.07) is 18.4. The Kier molecular flexibility index (Phi) is 5.90. The van der Waals surface area contributed by atoms with Gasteiger partial charge < -0.3 is 17.5 Å². The van der Waals surface area contributed by atoms with E-state index < -0.39 is 6.10 Å². The Balaban J connectivity index is 0.00000176. The predicted molar refractivity (Wildman–Crippen MR) is 84.9 cm³/mol. The average molecular weight is 315 g/mol. The highest BCUT2D eigenvalue weighted by Crippen LogP contribution is 2.22. The van der Waals surface area contributed by atoms with Crippen molar-refractivity contribution in [3.05, 3.63) is 72.6 Å². The molecule has 3 nitrogen and oxygen atoms in total. The lowest BCUT2D eigenvalue weighted by atomic mass is 10.0. The summed E-state index contributed by atoms with van der Waals surface area (Å²) >= 11 is 0. The lowest BCUT2D eigenvalue weighted by Crippen LogP contribution is -3.05. The van der Waals surface area contributed by atoms with Gasteiger partial charge in [-0.2, -0.15) is 0 Å². The van der Waals surface area contributed by atoms with Crippen LogP contribution in [0.4, 0.5) is 0 Å². The van der Waals surface area contributed by atoms with Crippen LogP contribution in [0.15, 0.2) is 72.0 Å².